The topological polar surface area (TPSA) is 47.6 Å². The highest BCUT2D eigenvalue weighted by Gasteiger charge is 2.38. The van der Waals surface area contributed by atoms with Crippen molar-refractivity contribution in [3.05, 3.63) is 41.0 Å². The predicted octanol–water partition coefficient (Wildman–Crippen LogP) is 3.90. The van der Waals surface area contributed by atoms with Crippen LogP contribution in [0.4, 0.5) is 0 Å². The molecule has 2 rings (SSSR count). The third-order valence-electron chi connectivity index (χ3n) is 4.56. The summed E-state index contributed by atoms with van der Waals surface area (Å²) in [5.41, 5.74) is 6.93. The van der Waals surface area contributed by atoms with Gasteiger partial charge in [0.15, 0.2) is 0 Å². The maximum atomic E-state index is 11.6. The second kappa shape index (κ2) is 5.89. The third kappa shape index (κ3) is 3.25. The smallest absolute Gasteiger partial charge is 0.337 e. The molecular formula is C17H25NO3Si. The number of carbonyl (C=O) groups is 1. The van der Waals surface area contributed by atoms with E-state index in [1.54, 1.807) is 6.07 Å². The van der Waals surface area contributed by atoms with Crippen LogP contribution in [-0.4, -0.2) is 21.4 Å². The first-order valence-electron chi connectivity index (χ1n) is 7.51. The number of hydroxylamine groups is 1. The lowest BCUT2D eigenvalue weighted by Gasteiger charge is -2.35. The van der Waals surface area contributed by atoms with Gasteiger partial charge in [-0.05, 0) is 42.2 Å². The Balaban J connectivity index is 2.11. The van der Waals surface area contributed by atoms with Gasteiger partial charge in [-0.25, -0.2) is 4.79 Å². The van der Waals surface area contributed by atoms with Crippen LogP contribution in [0.5, 0.6) is 0 Å². The van der Waals surface area contributed by atoms with Crippen LogP contribution in [0, 0.1) is 0 Å². The van der Waals surface area contributed by atoms with Crippen molar-refractivity contribution in [2.24, 2.45) is 0 Å². The van der Waals surface area contributed by atoms with Crippen molar-refractivity contribution >= 4 is 20.0 Å². The Bertz CT molecular complexity index is 615. The van der Waals surface area contributed by atoms with E-state index in [0.717, 1.165) is 23.2 Å². The van der Waals surface area contributed by atoms with Gasteiger partial charge in [-0.2, -0.15) is 0 Å². The SMILES string of the molecule is COC(=O)c1ccc2c(c1)CC=C2NO[Si](C)(C)C(C)(C)C. The predicted molar refractivity (Wildman–Crippen MR) is 90.9 cm³/mol. The molecule has 22 heavy (non-hydrogen) atoms. The van der Waals surface area contributed by atoms with Crippen LogP contribution in [-0.2, 0) is 15.7 Å². The van der Waals surface area contributed by atoms with Crippen molar-refractivity contribution in [1.29, 1.82) is 0 Å². The number of hydrogen-bond donors (Lipinski definition) is 1. The van der Waals surface area contributed by atoms with Gasteiger partial charge in [0, 0.05) is 5.56 Å². The van der Waals surface area contributed by atoms with E-state index in [4.69, 9.17) is 9.26 Å². The number of fused-ring (bicyclic) bond motifs is 1. The number of rotatable bonds is 4. The Morgan fingerprint density at radius 2 is 1.95 bits per heavy atom. The lowest BCUT2D eigenvalue weighted by atomic mass is 10.1. The van der Waals surface area contributed by atoms with Gasteiger partial charge in [-0.15, -0.1) is 0 Å². The van der Waals surface area contributed by atoms with Gasteiger partial charge in [0.05, 0.1) is 18.4 Å². The van der Waals surface area contributed by atoms with Crippen molar-refractivity contribution in [2.75, 3.05) is 7.11 Å². The normalized spacial score (nSPS) is 14.4. The molecule has 0 saturated carbocycles. The van der Waals surface area contributed by atoms with E-state index < -0.39 is 8.32 Å². The van der Waals surface area contributed by atoms with Crippen LogP contribution in [0.15, 0.2) is 24.3 Å². The van der Waals surface area contributed by atoms with Gasteiger partial charge in [0.1, 0.15) is 0 Å². The number of methoxy groups -OCH3 is 1. The minimum absolute atomic E-state index is 0.150. The summed E-state index contributed by atoms with van der Waals surface area (Å²) in [6.07, 6.45) is 2.89. The zero-order valence-electron chi connectivity index (χ0n) is 14.2. The molecule has 0 aliphatic heterocycles. The highest BCUT2D eigenvalue weighted by molar-refractivity contribution is 6.74. The molecule has 0 atom stereocenters. The van der Waals surface area contributed by atoms with Gasteiger partial charge in [0.25, 0.3) is 0 Å². The van der Waals surface area contributed by atoms with Crippen LogP contribution in [0.2, 0.25) is 18.1 Å². The lowest BCUT2D eigenvalue weighted by molar-refractivity contribution is 0.0600. The van der Waals surface area contributed by atoms with E-state index in [1.165, 1.54) is 7.11 Å². The van der Waals surface area contributed by atoms with E-state index in [0.29, 0.717) is 5.56 Å². The summed E-state index contributed by atoms with van der Waals surface area (Å²) in [7, 11) is -0.458. The van der Waals surface area contributed by atoms with Gasteiger partial charge in [0.2, 0.25) is 8.32 Å². The van der Waals surface area contributed by atoms with Crippen molar-refractivity contribution in [2.45, 2.75) is 45.3 Å². The fourth-order valence-electron chi connectivity index (χ4n) is 2.02. The summed E-state index contributed by atoms with van der Waals surface area (Å²) >= 11 is 0. The van der Waals surface area contributed by atoms with E-state index in [-0.39, 0.29) is 11.0 Å². The molecule has 0 aromatic heterocycles. The largest absolute Gasteiger partial charge is 0.465 e. The number of esters is 1. The van der Waals surface area contributed by atoms with Crippen molar-refractivity contribution in [3.8, 4) is 0 Å². The van der Waals surface area contributed by atoms with Crippen LogP contribution < -0.4 is 5.48 Å². The maximum Gasteiger partial charge on any atom is 0.337 e. The number of allylic oxidation sites excluding steroid dienone is 1. The maximum absolute atomic E-state index is 11.6. The number of benzene rings is 1. The summed E-state index contributed by atoms with van der Waals surface area (Å²) in [4.78, 5) is 11.6. The molecule has 4 nitrogen and oxygen atoms in total. The molecule has 1 aliphatic carbocycles. The summed E-state index contributed by atoms with van der Waals surface area (Å²) in [5, 5.41) is 0.150. The number of nitrogens with one attached hydrogen (secondary N) is 1. The monoisotopic (exact) mass is 319 g/mol. The number of carbonyl (C=O) groups excluding carboxylic acids is 1. The zero-order valence-corrected chi connectivity index (χ0v) is 15.2. The van der Waals surface area contributed by atoms with Crippen LogP contribution >= 0.6 is 0 Å². The first-order valence-corrected chi connectivity index (χ1v) is 10.4. The first-order chi connectivity index (χ1) is 10.2. The molecule has 0 unspecified atom stereocenters. The molecule has 0 radical (unpaired) electrons. The Morgan fingerprint density at radius 1 is 1.27 bits per heavy atom. The molecule has 1 N–H and O–H groups in total. The van der Waals surface area contributed by atoms with Crippen LogP contribution in [0.1, 0.15) is 42.3 Å². The summed E-state index contributed by atoms with van der Waals surface area (Å²) in [6, 6.07) is 5.62. The molecule has 0 heterocycles. The van der Waals surface area contributed by atoms with Crippen LogP contribution in [0.3, 0.4) is 0 Å². The Kier molecular flexibility index (Phi) is 4.49. The van der Waals surface area contributed by atoms with Crippen molar-refractivity contribution in [3.63, 3.8) is 0 Å². The second-order valence-electron chi connectivity index (χ2n) is 7.15. The molecule has 1 aliphatic rings. The molecule has 120 valence electrons. The second-order valence-corrected chi connectivity index (χ2v) is 11.9. The fraction of sp³-hybridized carbons (Fsp3) is 0.471. The molecule has 0 spiro atoms. The number of hydrogen-bond acceptors (Lipinski definition) is 4. The van der Waals surface area contributed by atoms with Crippen molar-refractivity contribution in [1.82, 2.24) is 5.48 Å². The van der Waals surface area contributed by atoms with E-state index in [2.05, 4.69) is 45.4 Å². The highest BCUT2D eigenvalue weighted by Crippen LogP contribution is 2.36. The molecule has 1 aromatic carbocycles. The quantitative estimate of drug-likeness (QED) is 0.519. The van der Waals surface area contributed by atoms with Gasteiger partial charge < -0.3 is 9.26 Å². The molecule has 1 aromatic rings. The Morgan fingerprint density at radius 3 is 2.55 bits per heavy atom. The van der Waals surface area contributed by atoms with Gasteiger partial charge in [-0.3, -0.25) is 5.48 Å². The summed E-state index contributed by atoms with van der Waals surface area (Å²) < 4.78 is 10.8. The molecule has 0 saturated heterocycles. The minimum Gasteiger partial charge on any atom is -0.465 e. The van der Waals surface area contributed by atoms with Gasteiger partial charge in [-0.1, -0.05) is 32.9 Å². The van der Waals surface area contributed by atoms with Crippen LogP contribution in [0.25, 0.3) is 5.70 Å². The first kappa shape index (κ1) is 16.8. The fourth-order valence-corrected chi connectivity index (χ4v) is 2.70. The number of ether oxygens (including phenoxy) is 1. The standard InChI is InChI=1S/C17H25NO3Si/c1-17(2,3)22(5,6)21-18-15-10-8-12-11-13(16(19)20-4)7-9-14(12)15/h7,9-11,18H,8H2,1-6H3. The average molecular weight is 319 g/mol. The minimum atomic E-state index is -1.85. The molecule has 0 bridgehead atoms. The lowest BCUT2D eigenvalue weighted by Crippen LogP contribution is -2.44. The van der Waals surface area contributed by atoms with Gasteiger partial charge >= 0.3 is 5.97 Å². The third-order valence-corrected chi connectivity index (χ3v) is 8.79. The van der Waals surface area contributed by atoms with E-state index in [9.17, 15) is 4.79 Å². The summed E-state index contributed by atoms with van der Waals surface area (Å²) in [5.74, 6) is -0.304. The molecular weight excluding hydrogens is 294 g/mol. The molecule has 0 amide bonds. The zero-order chi connectivity index (χ0) is 16.5. The van der Waals surface area contributed by atoms with E-state index in [1.807, 2.05) is 12.1 Å². The Hall–Kier alpha value is -1.59. The average Bonchev–Trinajstić information content (AvgIpc) is 2.85. The highest BCUT2D eigenvalue weighted by atomic mass is 28.4. The molecule has 5 heteroatoms. The van der Waals surface area contributed by atoms with E-state index >= 15 is 0 Å². The van der Waals surface area contributed by atoms with Crippen molar-refractivity contribution < 1.29 is 14.1 Å². The summed E-state index contributed by atoms with van der Waals surface area (Å²) in [6.45, 7) is 11.0. The Labute approximate surface area is 133 Å². The molecule has 0 fully saturated rings.